The van der Waals surface area contributed by atoms with Gasteiger partial charge in [-0.15, -0.1) is 22.7 Å². The van der Waals surface area contributed by atoms with E-state index in [9.17, 15) is 9.59 Å². The SMILES string of the molecule is CC(=O)N(c1nc(COC(=O)c2csc3c2CCCC3)cs1)c1c(C)cc(C)cc1Cl. The number of aryl methyl sites for hydroxylation is 3. The van der Waals surface area contributed by atoms with Crippen LogP contribution < -0.4 is 4.90 Å². The molecular weight excluding hydrogens is 452 g/mol. The Bertz CT molecular complexity index is 1130. The number of halogens is 1. The number of benzene rings is 1. The van der Waals surface area contributed by atoms with E-state index in [1.165, 1.54) is 34.5 Å². The lowest BCUT2D eigenvalue weighted by Crippen LogP contribution is -2.24. The molecule has 1 aromatic carbocycles. The minimum atomic E-state index is -0.310. The van der Waals surface area contributed by atoms with E-state index in [4.69, 9.17) is 16.3 Å². The second-order valence-corrected chi connectivity index (χ2v) is 9.93. The van der Waals surface area contributed by atoms with Crippen LogP contribution in [-0.2, 0) is 29.0 Å². The number of rotatable bonds is 5. The Morgan fingerprint density at radius 3 is 2.68 bits per heavy atom. The third-order valence-corrected chi connectivity index (χ3v) is 7.55. The van der Waals surface area contributed by atoms with Crippen molar-refractivity contribution in [2.75, 3.05) is 4.90 Å². The van der Waals surface area contributed by atoms with Gasteiger partial charge in [-0.3, -0.25) is 9.69 Å². The fourth-order valence-electron chi connectivity index (χ4n) is 3.93. The number of nitrogens with zero attached hydrogens (tertiary/aromatic N) is 2. The molecule has 0 unspecified atom stereocenters. The number of anilines is 2. The molecular formula is C23H23ClN2O3S2. The third-order valence-electron chi connectivity index (χ3n) is 5.30. The van der Waals surface area contributed by atoms with E-state index in [1.54, 1.807) is 16.7 Å². The van der Waals surface area contributed by atoms with Gasteiger partial charge < -0.3 is 4.74 Å². The Hall–Kier alpha value is -2.22. The summed E-state index contributed by atoms with van der Waals surface area (Å²) in [5.41, 5.74) is 4.98. The van der Waals surface area contributed by atoms with Crippen LogP contribution in [0.25, 0.3) is 0 Å². The average molecular weight is 475 g/mol. The minimum absolute atomic E-state index is 0.0618. The monoisotopic (exact) mass is 474 g/mol. The van der Waals surface area contributed by atoms with Gasteiger partial charge in [-0.1, -0.05) is 17.7 Å². The number of carbonyl (C=O) groups excluding carboxylic acids is 2. The summed E-state index contributed by atoms with van der Waals surface area (Å²) in [5, 5.41) is 4.71. The molecule has 1 amide bonds. The van der Waals surface area contributed by atoms with E-state index < -0.39 is 0 Å². The molecule has 0 N–H and O–H groups in total. The second kappa shape index (κ2) is 9.10. The predicted molar refractivity (Wildman–Crippen MR) is 126 cm³/mol. The standard InChI is InChI=1S/C23H23ClN2O3S2/c1-13-8-14(2)21(19(24)9-13)26(15(3)27)23-25-16(11-31-23)10-29-22(28)18-12-30-20-7-5-4-6-17(18)20/h8-9,11-12H,4-7,10H2,1-3H3. The molecule has 1 aliphatic carbocycles. The predicted octanol–water partition coefficient (Wildman–Crippen LogP) is 6.40. The molecule has 31 heavy (non-hydrogen) atoms. The van der Waals surface area contributed by atoms with Crippen molar-refractivity contribution in [2.45, 2.75) is 53.1 Å². The van der Waals surface area contributed by atoms with E-state index in [0.29, 0.717) is 27.1 Å². The molecule has 0 atom stereocenters. The summed E-state index contributed by atoms with van der Waals surface area (Å²) >= 11 is 9.43. The molecule has 4 rings (SSSR count). The highest BCUT2D eigenvalue weighted by molar-refractivity contribution is 7.14. The molecule has 3 aromatic rings. The quantitative estimate of drug-likeness (QED) is 0.401. The molecule has 2 aromatic heterocycles. The van der Waals surface area contributed by atoms with Crippen molar-refractivity contribution in [1.29, 1.82) is 0 Å². The molecule has 0 radical (unpaired) electrons. The average Bonchev–Trinajstić information content (AvgIpc) is 3.35. The van der Waals surface area contributed by atoms with Gasteiger partial charge in [-0.05, 0) is 62.3 Å². The summed E-state index contributed by atoms with van der Waals surface area (Å²) < 4.78 is 5.54. The molecule has 0 bridgehead atoms. The van der Waals surface area contributed by atoms with Crippen molar-refractivity contribution in [3.8, 4) is 0 Å². The normalized spacial score (nSPS) is 13.0. The van der Waals surface area contributed by atoms with Crippen molar-refractivity contribution in [3.63, 3.8) is 0 Å². The first-order valence-electron chi connectivity index (χ1n) is 10.1. The fraction of sp³-hybridized carbons (Fsp3) is 0.348. The summed E-state index contributed by atoms with van der Waals surface area (Å²) in [6.07, 6.45) is 4.28. The van der Waals surface area contributed by atoms with Crippen LogP contribution in [0.4, 0.5) is 10.8 Å². The first kappa shape index (κ1) is 22.0. The number of esters is 1. The van der Waals surface area contributed by atoms with E-state index in [1.807, 2.05) is 31.4 Å². The van der Waals surface area contributed by atoms with E-state index in [2.05, 4.69) is 4.98 Å². The highest BCUT2D eigenvalue weighted by Crippen LogP contribution is 2.37. The Labute approximate surface area is 194 Å². The molecule has 2 heterocycles. The molecule has 1 aliphatic rings. The molecule has 162 valence electrons. The zero-order chi connectivity index (χ0) is 22.1. The first-order valence-corrected chi connectivity index (χ1v) is 12.3. The summed E-state index contributed by atoms with van der Waals surface area (Å²) in [6, 6.07) is 3.81. The molecule has 0 fully saturated rings. The lowest BCUT2D eigenvalue weighted by molar-refractivity contribution is -0.115. The Morgan fingerprint density at radius 2 is 1.94 bits per heavy atom. The smallest absolute Gasteiger partial charge is 0.339 e. The maximum atomic E-state index is 12.6. The summed E-state index contributed by atoms with van der Waals surface area (Å²) in [5.74, 6) is -0.494. The molecule has 8 heteroatoms. The maximum Gasteiger partial charge on any atom is 0.339 e. The number of aromatic nitrogens is 1. The highest BCUT2D eigenvalue weighted by atomic mass is 35.5. The Balaban J connectivity index is 1.51. The zero-order valence-corrected chi connectivity index (χ0v) is 20.0. The topological polar surface area (TPSA) is 59.5 Å². The van der Waals surface area contributed by atoms with Gasteiger partial charge in [-0.2, -0.15) is 0 Å². The lowest BCUT2D eigenvalue weighted by atomic mass is 9.96. The van der Waals surface area contributed by atoms with Gasteiger partial charge in [0.25, 0.3) is 0 Å². The number of thiophene rings is 1. The molecule has 0 spiro atoms. The van der Waals surface area contributed by atoms with Gasteiger partial charge in [0.05, 0.1) is 22.0 Å². The fourth-order valence-corrected chi connectivity index (χ4v) is 6.30. The van der Waals surface area contributed by atoms with Gasteiger partial charge in [-0.25, -0.2) is 9.78 Å². The number of thiazole rings is 1. The number of amides is 1. The van der Waals surface area contributed by atoms with Crippen LogP contribution in [0.15, 0.2) is 22.9 Å². The van der Waals surface area contributed by atoms with Gasteiger partial charge >= 0.3 is 5.97 Å². The van der Waals surface area contributed by atoms with Gasteiger partial charge in [0.1, 0.15) is 6.61 Å². The van der Waals surface area contributed by atoms with E-state index in [0.717, 1.165) is 36.0 Å². The van der Waals surface area contributed by atoms with Gasteiger partial charge in [0.2, 0.25) is 5.91 Å². The number of hydrogen-bond donors (Lipinski definition) is 0. The summed E-state index contributed by atoms with van der Waals surface area (Å²) in [7, 11) is 0. The third kappa shape index (κ3) is 4.54. The number of carbonyl (C=O) groups is 2. The van der Waals surface area contributed by atoms with Crippen LogP contribution >= 0.6 is 34.3 Å². The van der Waals surface area contributed by atoms with E-state index >= 15 is 0 Å². The second-order valence-electron chi connectivity index (χ2n) is 7.72. The minimum Gasteiger partial charge on any atom is -0.456 e. The van der Waals surface area contributed by atoms with Crippen molar-refractivity contribution in [3.05, 3.63) is 60.7 Å². The van der Waals surface area contributed by atoms with Crippen molar-refractivity contribution < 1.29 is 14.3 Å². The zero-order valence-electron chi connectivity index (χ0n) is 17.7. The number of fused-ring (bicyclic) bond motifs is 1. The first-order chi connectivity index (χ1) is 14.8. The van der Waals surface area contributed by atoms with Gasteiger partial charge in [0.15, 0.2) is 5.13 Å². The Kier molecular flexibility index (Phi) is 6.46. The summed E-state index contributed by atoms with van der Waals surface area (Å²) in [6.45, 7) is 5.42. The molecule has 5 nitrogen and oxygen atoms in total. The van der Waals surface area contributed by atoms with Crippen molar-refractivity contribution >= 4 is 57.0 Å². The maximum absolute atomic E-state index is 12.6. The van der Waals surface area contributed by atoms with Crippen molar-refractivity contribution in [2.24, 2.45) is 0 Å². The molecule has 0 saturated heterocycles. The van der Waals surface area contributed by atoms with Crippen LogP contribution in [0.5, 0.6) is 0 Å². The molecule has 0 saturated carbocycles. The van der Waals surface area contributed by atoms with E-state index in [-0.39, 0.29) is 18.5 Å². The highest BCUT2D eigenvalue weighted by Gasteiger charge is 2.24. The Morgan fingerprint density at radius 1 is 1.16 bits per heavy atom. The van der Waals surface area contributed by atoms with Crippen LogP contribution in [-0.4, -0.2) is 16.9 Å². The van der Waals surface area contributed by atoms with Crippen LogP contribution in [0.3, 0.4) is 0 Å². The number of ether oxygens (including phenoxy) is 1. The number of hydrogen-bond acceptors (Lipinski definition) is 6. The molecule has 0 aliphatic heterocycles. The summed E-state index contributed by atoms with van der Waals surface area (Å²) in [4.78, 5) is 32.4. The van der Waals surface area contributed by atoms with Crippen LogP contribution in [0, 0.1) is 13.8 Å². The van der Waals surface area contributed by atoms with Crippen molar-refractivity contribution in [1.82, 2.24) is 4.98 Å². The lowest BCUT2D eigenvalue weighted by Gasteiger charge is -2.22. The van der Waals surface area contributed by atoms with Crippen LogP contribution in [0.1, 0.15) is 57.4 Å². The van der Waals surface area contributed by atoms with Gasteiger partial charge in [0, 0.05) is 22.6 Å². The van der Waals surface area contributed by atoms with Crippen LogP contribution in [0.2, 0.25) is 5.02 Å². The largest absolute Gasteiger partial charge is 0.456 e.